The van der Waals surface area contributed by atoms with E-state index in [2.05, 4.69) is 31.3 Å². The van der Waals surface area contributed by atoms with Crippen molar-refractivity contribution in [1.82, 2.24) is 0 Å². The number of nitrogens with one attached hydrogen (secondary N) is 1. The van der Waals surface area contributed by atoms with Gasteiger partial charge in [0.05, 0.1) is 6.61 Å². The van der Waals surface area contributed by atoms with Crippen LogP contribution in [0.3, 0.4) is 0 Å². The minimum absolute atomic E-state index is 0.0948. The molecule has 0 aliphatic rings. The number of benzene rings is 2. The van der Waals surface area contributed by atoms with Crippen LogP contribution in [0.4, 0.5) is 5.69 Å². The molecule has 3 nitrogen and oxygen atoms in total. The van der Waals surface area contributed by atoms with Crippen molar-refractivity contribution in [2.24, 2.45) is 0 Å². The highest BCUT2D eigenvalue weighted by Crippen LogP contribution is 2.23. The highest BCUT2D eigenvalue weighted by Gasteiger charge is 2.10. The van der Waals surface area contributed by atoms with Crippen molar-refractivity contribution in [3.05, 3.63) is 58.7 Å². The number of ether oxygens (including phenoxy) is 1. The maximum absolute atomic E-state index is 12.5. The van der Waals surface area contributed by atoms with Gasteiger partial charge in [-0.25, -0.2) is 0 Å². The molecule has 128 valence electrons. The van der Waals surface area contributed by atoms with Gasteiger partial charge in [0, 0.05) is 11.3 Å². The number of carbonyl (C=O) groups excluding carboxylic acids is 1. The van der Waals surface area contributed by atoms with Crippen molar-refractivity contribution in [2.75, 3.05) is 11.9 Å². The average molecular weight is 325 g/mol. The largest absolute Gasteiger partial charge is 0.494 e. The van der Waals surface area contributed by atoms with Gasteiger partial charge in [-0.1, -0.05) is 37.5 Å². The Kier molecular flexibility index (Phi) is 6.42. The molecule has 0 heterocycles. The molecule has 2 aromatic rings. The van der Waals surface area contributed by atoms with Gasteiger partial charge in [0.15, 0.2) is 0 Å². The van der Waals surface area contributed by atoms with Gasteiger partial charge >= 0.3 is 0 Å². The van der Waals surface area contributed by atoms with E-state index in [1.165, 1.54) is 18.4 Å². The minimum atomic E-state index is -0.0948. The van der Waals surface area contributed by atoms with E-state index in [1.807, 2.05) is 38.1 Å². The number of unbranched alkanes of at least 4 members (excludes halogenated alkanes) is 2. The van der Waals surface area contributed by atoms with Crippen LogP contribution in [0, 0.1) is 20.8 Å². The molecule has 0 aromatic heterocycles. The first-order valence-electron chi connectivity index (χ1n) is 8.63. The number of hydrogen-bond donors (Lipinski definition) is 1. The second-order valence-corrected chi connectivity index (χ2v) is 6.31. The first-order valence-corrected chi connectivity index (χ1v) is 8.63. The summed E-state index contributed by atoms with van der Waals surface area (Å²) in [4.78, 5) is 12.5. The van der Waals surface area contributed by atoms with Crippen molar-refractivity contribution in [3.8, 4) is 5.75 Å². The summed E-state index contributed by atoms with van der Waals surface area (Å²) in [5.41, 5.74) is 4.89. The van der Waals surface area contributed by atoms with Gasteiger partial charge in [-0.15, -0.1) is 0 Å². The Morgan fingerprint density at radius 2 is 1.62 bits per heavy atom. The molecule has 24 heavy (non-hydrogen) atoms. The standard InChI is InChI=1S/C21H27NO2/c1-5-6-7-12-24-19-10-8-18(9-11-19)21(23)22-20-16(3)13-15(2)14-17(20)4/h8-11,13-14H,5-7,12H2,1-4H3,(H,22,23). The van der Waals surface area contributed by atoms with Crippen molar-refractivity contribution in [3.63, 3.8) is 0 Å². The molecule has 0 radical (unpaired) electrons. The summed E-state index contributed by atoms with van der Waals surface area (Å²) < 4.78 is 5.68. The number of carbonyl (C=O) groups is 1. The fourth-order valence-corrected chi connectivity index (χ4v) is 2.81. The van der Waals surface area contributed by atoms with E-state index >= 15 is 0 Å². The fourth-order valence-electron chi connectivity index (χ4n) is 2.81. The van der Waals surface area contributed by atoms with Gasteiger partial charge in [-0.3, -0.25) is 4.79 Å². The molecule has 0 aliphatic heterocycles. The second-order valence-electron chi connectivity index (χ2n) is 6.31. The fraction of sp³-hybridized carbons (Fsp3) is 0.381. The van der Waals surface area contributed by atoms with Crippen LogP contribution in [0.15, 0.2) is 36.4 Å². The molecule has 1 amide bonds. The van der Waals surface area contributed by atoms with Crippen LogP contribution >= 0.6 is 0 Å². The number of aryl methyl sites for hydroxylation is 3. The Labute approximate surface area is 145 Å². The van der Waals surface area contributed by atoms with Crippen molar-refractivity contribution >= 4 is 11.6 Å². The van der Waals surface area contributed by atoms with E-state index in [1.54, 1.807) is 0 Å². The lowest BCUT2D eigenvalue weighted by molar-refractivity contribution is 0.102. The maximum Gasteiger partial charge on any atom is 0.255 e. The predicted molar refractivity (Wildman–Crippen MR) is 100 cm³/mol. The smallest absolute Gasteiger partial charge is 0.255 e. The predicted octanol–water partition coefficient (Wildman–Crippen LogP) is 5.43. The first kappa shape index (κ1) is 18.1. The van der Waals surface area contributed by atoms with E-state index in [0.717, 1.165) is 35.6 Å². The maximum atomic E-state index is 12.5. The van der Waals surface area contributed by atoms with Gasteiger partial charge in [0.2, 0.25) is 0 Å². The van der Waals surface area contributed by atoms with E-state index in [0.29, 0.717) is 5.56 Å². The first-order chi connectivity index (χ1) is 11.5. The lowest BCUT2D eigenvalue weighted by Crippen LogP contribution is -2.14. The molecule has 0 aliphatic carbocycles. The summed E-state index contributed by atoms with van der Waals surface area (Å²) in [6.45, 7) is 8.99. The molecular weight excluding hydrogens is 298 g/mol. The van der Waals surface area contributed by atoms with E-state index in [9.17, 15) is 4.79 Å². The highest BCUT2D eigenvalue weighted by molar-refractivity contribution is 6.05. The third-order valence-corrected chi connectivity index (χ3v) is 4.05. The molecule has 0 atom stereocenters. The molecule has 0 bridgehead atoms. The zero-order valence-corrected chi connectivity index (χ0v) is 15.1. The zero-order valence-electron chi connectivity index (χ0n) is 15.1. The second kappa shape index (κ2) is 8.53. The average Bonchev–Trinajstić information content (AvgIpc) is 2.55. The summed E-state index contributed by atoms with van der Waals surface area (Å²) in [5, 5.41) is 3.02. The van der Waals surface area contributed by atoms with Gasteiger partial charge < -0.3 is 10.1 Å². The van der Waals surface area contributed by atoms with Crippen LogP contribution in [0.5, 0.6) is 5.75 Å². The number of anilines is 1. The van der Waals surface area contributed by atoms with E-state index in [4.69, 9.17) is 4.74 Å². The third-order valence-electron chi connectivity index (χ3n) is 4.05. The molecule has 0 saturated carbocycles. The summed E-state index contributed by atoms with van der Waals surface area (Å²) in [6, 6.07) is 11.5. The minimum Gasteiger partial charge on any atom is -0.494 e. The van der Waals surface area contributed by atoms with Crippen molar-refractivity contribution in [1.29, 1.82) is 0 Å². The lowest BCUT2D eigenvalue weighted by atomic mass is 10.0. The van der Waals surface area contributed by atoms with Gasteiger partial charge in [0.1, 0.15) is 5.75 Å². The van der Waals surface area contributed by atoms with Crippen LogP contribution in [-0.4, -0.2) is 12.5 Å². The van der Waals surface area contributed by atoms with Gasteiger partial charge in [-0.2, -0.15) is 0 Å². The number of amides is 1. The molecule has 0 fully saturated rings. The summed E-state index contributed by atoms with van der Waals surface area (Å²) in [7, 11) is 0. The highest BCUT2D eigenvalue weighted by atomic mass is 16.5. The molecule has 0 saturated heterocycles. The quantitative estimate of drug-likeness (QED) is 0.689. The van der Waals surface area contributed by atoms with Crippen LogP contribution < -0.4 is 10.1 Å². The third kappa shape index (κ3) is 4.85. The summed E-state index contributed by atoms with van der Waals surface area (Å²) >= 11 is 0. The summed E-state index contributed by atoms with van der Waals surface area (Å²) in [5.74, 6) is 0.716. The summed E-state index contributed by atoms with van der Waals surface area (Å²) in [6.07, 6.45) is 3.42. The molecule has 0 unspecified atom stereocenters. The van der Waals surface area contributed by atoms with Crippen LogP contribution in [-0.2, 0) is 0 Å². The molecule has 2 aromatic carbocycles. The SMILES string of the molecule is CCCCCOc1ccc(C(=O)Nc2c(C)cc(C)cc2C)cc1. The normalized spacial score (nSPS) is 10.5. The van der Waals surface area contributed by atoms with Crippen molar-refractivity contribution in [2.45, 2.75) is 47.0 Å². The van der Waals surface area contributed by atoms with E-state index < -0.39 is 0 Å². The molecule has 3 heteroatoms. The number of rotatable bonds is 7. The monoisotopic (exact) mass is 325 g/mol. The lowest BCUT2D eigenvalue weighted by Gasteiger charge is -2.13. The Bertz CT molecular complexity index is 666. The zero-order chi connectivity index (χ0) is 17.5. The molecular formula is C21H27NO2. The Hall–Kier alpha value is -2.29. The molecule has 2 rings (SSSR count). The van der Waals surface area contributed by atoms with Crippen molar-refractivity contribution < 1.29 is 9.53 Å². The van der Waals surface area contributed by atoms with E-state index in [-0.39, 0.29) is 5.91 Å². The molecule has 1 N–H and O–H groups in total. The van der Waals surface area contributed by atoms with Crippen LogP contribution in [0.1, 0.15) is 53.2 Å². The topological polar surface area (TPSA) is 38.3 Å². The Morgan fingerprint density at radius 1 is 1.00 bits per heavy atom. The van der Waals surface area contributed by atoms with Gasteiger partial charge in [0.25, 0.3) is 5.91 Å². The Morgan fingerprint density at radius 3 is 2.21 bits per heavy atom. The Balaban J connectivity index is 2.00. The van der Waals surface area contributed by atoms with Crippen LogP contribution in [0.25, 0.3) is 0 Å². The molecule has 0 spiro atoms. The van der Waals surface area contributed by atoms with Crippen LogP contribution in [0.2, 0.25) is 0 Å². The number of hydrogen-bond acceptors (Lipinski definition) is 2. The van der Waals surface area contributed by atoms with Gasteiger partial charge in [-0.05, 0) is 62.6 Å².